The average molecular weight is 242 g/mol. The Labute approximate surface area is 96.5 Å². The number of carbonyl (C=O) groups excluding carboxylic acids is 1. The maximum absolute atomic E-state index is 12.6. The van der Waals surface area contributed by atoms with E-state index in [1.807, 2.05) is 0 Å². The summed E-state index contributed by atoms with van der Waals surface area (Å²) in [5, 5.41) is 0. The minimum atomic E-state index is -2.59. The van der Waals surface area contributed by atoms with Crippen molar-refractivity contribution in [2.75, 3.05) is 19.6 Å². The molecule has 92 valence electrons. The van der Waals surface area contributed by atoms with E-state index in [0.29, 0.717) is 19.4 Å². The van der Waals surface area contributed by atoms with Gasteiger partial charge in [-0.15, -0.1) is 0 Å². The van der Waals surface area contributed by atoms with Crippen LogP contribution in [0.25, 0.3) is 0 Å². The fourth-order valence-corrected chi connectivity index (χ4v) is 1.84. The number of alkyl halides is 2. The lowest BCUT2D eigenvalue weighted by atomic mass is 10.1. The van der Waals surface area contributed by atoms with Gasteiger partial charge in [0.1, 0.15) is 0 Å². The van der Waals surface area contributed by atoms with Gasteiger partial charge in [0.05, 0.1) is 18.7 Å². The number of carbonyl (C=O) groups is 1. The normalized spacial score (nSPS) is 18.7. The zero-order chi connectivity index (χ0) is 12.5. The van der Waals surface area contributed by atoms with Crippen LogP contribution in [0.4, 0.5) is 8.78 Å². The van der Waals surface area contributed by atoms with E-state index >= 15 is 0 Å². The third-order valence-electron chi connectivity index (χ3n) is 2.74. The number of hydrogen-bond donors (Lipinski definition) is 0. The van der Waals surface area contributed by atoms with Crippen molar-refractivity contribution in [3.8, 4) is 0 Å². The molecule has 4 nitrogen and oxygen atoms in total. The van der Waals surface area contributed by atoms with Gasteiger partial charge in [0.15, 0.2) is 6.29 Å². The zero-order valence-corrected chi connectivity index (χ0v) is 9.10. The molecule has 1 saturated heterocycles. The van der Waals surface area contributed by atoms with Crippen molar-refractivity contribution in [2.45, 2.75) is 12.5 Å². The number of likely N-dealkylation sites (tertiary alicyclic amines) is 1. The van der Waals surface area contributed by atoms with Crippen LogP contribution >= 0.6 is 0 Å². The Kier molecular flexibility index (Phi) is 3.06. The van der Waals surface area contributed by atoms with Crippen molar-refractivity contribution in [3.63, 3.8) is 0 Å². The molecule has 1 aliphatic heterocycles. The Morgan fingerprint density at radius 3 is 2.65 bits per heavy atom. The van der Waals surface area contributed by atoms with E-state index in [4.69, 9.17) is 0 Å². The van der Waals surface area contributed by atoms with E-state index in [1.54, 1.807) is 17.2 Å². The fraction of sp³-hybridized carbons (Fsp3) is 0.455. The first-order chi connectivity index (χ1) is 8.02. The third kappa shape index (κ3) is 2.58. The molecular weight excluding hydrogens is 230 g/mol. The molecule has 0 saturated carbocycles. The maximum Gasteiger partial charge on any atom is 0.272 e. The van der Waals surface area contributed by atoms with Crippen LogP contribution in [0.3, 0.4) is 0 Å². The molecule has 0 radical (unpaired) electrons. The van der Waals surface area contributed by atoms with Gasteiger partial charge in [0, 0.05) is 19.3 Å². The van der Waals surface area contributed by atoms with Crippen LogP contribution in [0.5, 0.6) is 0 Å². The largest absolute Gasteiger partial charge is 0.314 e. The number of halogens is 2. The Bertz CT molecular complexity index is 477. The summed E-state index contributed by atoms with van der Waals surface area (Å²) in [4.78, 5) is 23.7. The number of hydrogen-bond acceptors (Lipinski definition) is 3. The lowest BCUT2D eigenvalue weighted by molar-refractivity contribution is -0.131. The van der Waals surface area contributed by atoms with E-state index < -0.39 is 5.92 Å². The SMILES string of the molecule is O=Cc1cccn(CCN2CC(F)(F)C2)c1=O. The highest BCUT2D eigenvalue weighted by Crippen LogP contribution is 2.25. The molecule has 0 N–H and O–H groups in total. The summed E-state index contributed by atoms with van der Waals surface area (Å²) in [7, 11) is 0. The standard InChI is InChI=1S/C11H12F2N2O2/c12-11(13)7-14(8-11)4-5-15-3-1-2-9(6-16)10(15)17/h1-3,6H,4-5,7-8H2. The topological polar surface area (TPSA) is 42.3 Å². The first kappa shape index (κ1) is 11.9. The molecule has 1 aromatic heterocycles. The van der Waals surface area contributed by atoms with Crippen molar-refractivity contribution in [2.24, 2.45) is 0 Å². The molecule has 0 atom stereocenters. The van der Waals surface area contributed by atoms with E-state index in [9.17, 15) is 18.4 Å². The van der Waals surface area contributed by atoms with Gasteiger partial charge in [0.2, 0.25) is 0 Å². The third-order valence-corrected chi connectivity index (χ3v) is 2.74. The zero-order valence-electron chi connectivity index (χ0n) is 9.10. The van der Waals surface area contributed by atoms with Crippen LogP contribution in [0.1, 0.15) is 10.4 Å². The van der Waals surface area contributed by atoms with Gasteiger partial charge >= 0.3 is 0 Å². The number of aldehydes is 1. The highest BCUT2D eigenvalue weighted by Gasteiger charge is 2.43. The molecule has 0 aromatic carbocycles. The molecule has 0 bridgehead atoms. The van der Waals surface area contributed by atoms with Gasteiger partial charge in [-0.3, -0.25) is 14.5 Å². The van der Waals surface area contributed by atoms with E-state index in [0.717, 1.165) is 0 Å². The molecule has 0 unspecified atom stereocenters. The summed E-state index contributed by atoms with van der Waals surface area (Å²) in [6.07, 6.45) is 2.05. The summed E-state index contributed by atoms with van der Waals surface area (Å²) in [6.45, 7) is 0.193. The van der Waals surface area contributed by atoms with Crippen molar-refractivity contribution in [1.29, 1.82) is 0 Å². The van der Waals surface area contributed by atoms with Crippen molar-refractivity contribution < 1.29 is 13.6 Å². The Morgan fingerprint density at radius 1 is 1.35 bits per heavy atom. The highest BCUT2D eigenvalue weighted by atomic mass is 19.3. The minimum absolute atomic E-state index is 0.0847. The summed E-state index contributed by atoms with van der Waals surface area (Å²) >= 11 is 0. The molecule has 17 heavy (non-hydrogen) atoms. The fourth-order valence-electron chi connectivity index (χ4n) is 1.84. The Hall–Kier alpha value is -1.56. The molecule has 0 aliphatic carbocycles. The predicted molar refractivity (Wildman–Crippen MR) is 57.5 cm³/mol. The summed E-state index contributed by atoms with van der Waals surface area (Å²) in [5.74, 6) is -2.59. The quantitative estimate of drug-likeness (QED) is 0.726. The summed E-state index contributed by atoms with van der Waals surface area (Å²) in [5.41, 5.74) is -0.295. The average Bonchev–Trinajstić information content (AvgIpc) is 2.25. The van der Waals surface area contributed by atoms with Crippen molar-refractivity contribution in [3.05, 3.63) is 34.2 Å². The van der Waals surface area contributed by atoms with Gasteiger partial charge in [-0.05, 0) is 12.1 Å². The second kappa shape index (κ2) is 4.37. The molecule has 6 heteroatoms. The summed E-state index contributed by atoms with van der Waals surface area (Å²) in [6, 6.07) is 3.03. The minimum Gasteiger partial charge on any atom is -0.314 e. The number of nitrogens with zero attached hydrogens (tertiary/aromatic N) is 2. The molecule has 2 rings (SSSR count). The van der Waals surface area contributed by atoms with E-state index in [-0.39, 0.29) is 24.2 Å². The lowest BCUT2D eigenvalue weighted by Gasteiger charge is -2.38. The molecule has 1 aliphatic rings. The molecule has 1 fully saturated rings. The number of aromatic nitrogens is 1. The summed E-state index contributed by atoms with van der Waals surface area (Å²) < 4.78 is 26.5. The van der Waals surface area contributed by atoms with E-state index in [1.165, 1.54) is 10.6 Å². The van der Waals surface area contributed by atoms with Crippen LogP contribution in [-0.4, -0.2) is 41.3 Å². The molecular formula is C11H12F2N2O2. The van der Waals surface area contributed by atoms with Gasteiger partial charge in [-0.25, -0.2) is 8.78 Å². The lowest BCUT2D eigenvalue weighted by Crippen LogP contribution is -2.56. The Balaban J connectivity index is 1.96. The van der Waals surface area contributed by atoms with Crippen molar-refractivity contribution >= 4 is 6.29 Å². The van der Waals surface area contributed by atoms with Crippen LogP contribution < -0.4 is 5.56 Å². The molecule has 0 amide bonds. The first-order valence-corrected chi connectivity index (χ1v) is 5.27. The van der Waals surface area contributed by atoms with Crippen molar-refractivity contribution in [1.82, 2.24) is 9.47 Å². The van der Waals surface area contributed by atoms with Crippen LogP contribution in [-0.2, 0) is 6.54 Å². The van der Waals surface area contributed by atoms with Crippen LogP contribution in [0.2, 0.25) is 0 Å². The second-order valence-corrected chi connectivity index (χ2v) is 4.15. The molecule has 0 spiro atoms. The maximum atomic E-state index is 12.6. The van der Waals surface area contributed by atoms with E-state index in [2.05, 4.69) is 0 Å². The van der Waals surface area contributed by atoms with Gasteiger partial charge < -0.3 is 4.57 Å². The first-order valence-electron chi connectivity index (χ1n) is 5.27. The van der Waals surface area contributed by atoms with Gasteiger partial charge in [0.25, 0.3) is 11.5 Å². The number of rotatable bonds is 4. The molecule has 1 aromatic rings. The monoisotopic (exact) mass is 242 g/mol. The smallest absolute Gasteiger partial charge is 0.272 e. The predicted octanol–water partition coefficient (Wildman–Crippen LogP) is 0.612. The molecule has 2 heterocycles. The van der Waals surface area contributed by atoms with Crippen LogP contribution in [0.15, 0.2) is 23.1 Å². The number of pyridine rings is 1. The van der Waals surface area contributed by atoms with Gasteiger partial charge in [-0.2, -0.15) is 0 Å². The highest BCUT2D eigenvalue weighted by molar-refractivity contribution is 5.73. The second-order valence-electron chi connectivity index (χ2n) is 4.15. The Morgan fingerprint density at radius 2 is 2.06 bits per heavy atom. The van der Waals surface area contributed by atoms with Crippen LogP contribution in [0, 0.1) is 0 Å². The van der Waals surface area contributed by atoms with Gasteiger partial charge in [-0.1, -0.05) is 0 Å².